The first kappa shape index (κ1) is 31.4. The number of hydrogen-bond donors (Lipinski definition) is 0. The lowest BCUT2D eigenvalue weighted by Gasteiger charge is -2.36. The number of aromatic nitrogens is 2. The molecule has 0 unspecified atom stereocenters. The maximum Gasteiger partial charge on any atom is 0.179 e. The third-order valence-electron chi connectivity index (χ3n) is 14.9. The highest BCUT2D eigenvalue weighted by atomic mass is 32.1. The first-order valence-electron chi connectivity index (χ1n) is 32.4. The second-order valence-electron chi connectivity index (χ2n) is 18.8. The van der Waals surface area contributed by atoms with Crippen LogP contribution in [-0.4, -0.2) is 17.2 Å². The van der Waals surface area contributed by atoms with Gasteiger partial charge in [0.05, 0.1) is 48.3 Å². The molecule has 15 rings (SSSR count). The van der Waals surface area contributed by atoms with Crippen LogP contribution in [0.4, 0.5) is 0 Å². The Balaban J connectivity index is 1.13. The van der Waals surface area contributed by atoms with E-state index in [1.54, 1.807) is 84.1 Å². The largest absolute Gasteiger partial charge is 0.309 e. The number of nitrogens with zero attached hydrogens (tertiary/aromatic N) is 2. The second kappa shape index (κ2) is 18.0. The van der Waals surface area contributed by atoms with Crippen LogP contribution in [0.3, 0.4) is 0 Å². The summed E-state index contributed by atoms with van der Waals surface area (Å²) in [4.78, 5) is 0. The first-order chi connectivity index (χ1) is 43.9. The summed E-state index contributed by atoms with van der Waals surface area (Å²) in [5, 5.41) is 7.02. The zero-order valence-electron chi connectivity index (χ0n) is 55.4. The molecule has 0 N–H and O–H groups in total. The Kier molecular flexibility index (Phi) is 7.43. The fourth-order valence-corrected chi connectivity index (χ4v) is 17.4. The molecule has 0 aliphatic rings. The molecule has 0 aliphatic heterocycles. The van der Waals surface area contributed by atoms with Crippen LogP contribution >= 0.6 is 11.3 Å². The number of benzene rings is 12. The topological polar surface area (TPSA) is 9.86 Å². The Morgan fingerprint density at radius 1 is 0.329 bits per heavy atom. The van der Waals surface area contributed by atoms with Crippen LogP contribution < -0.4 is 20.7 Å². The van der Waals surface area contributed by atoms with Crippen molar-refractivity contribution in [3.63, 3.8) is 0 Å². The van der Waals surface area contributed by atoms with Crippen LogP contribution in [0.5, 0.6) is 0 Å². The van der Waals surface area contributed by atoms with E-state index in [9.17, 15) is 16.4 Å². The van der Waals surface area contributed by atoms with E-state index in [1.165, 1.54) is 4.70 Å². The van der Waals surface area contributed by atoms with Crippen molar-refractivity contribution in [1.82, 2.24) is 9.13 Å². The van der Waals surface area contributed by atoms with E-state index in [-0.39, 0.29) is 38.3 Å². The molecule has 356 valence electrons. The lowest BCUT2D eigenvalue weighted by Crippen LogP contribution is -2.74. The predicted molar refractivity (Wildman–Crippen MR) is 328 cm³/mol. The minimum atomic E-state index is -4.52. The third kappa shape index (κ3) is 6.78. The van der Waals surface area contributed by atoms with E-state index >= 15 is 0 Å². The lowest BCUT2D eigenvalue weighted by molar-refractivity contribution is 1.17. The van der Waals surface area contributed by atoms with Gasteiger partial charge >= 0.3 is 0 Å². The van der Waals surface area contributed by atoms with E-state index in [0.29, 0.717) is 26.8 Å². The number of para-hydroxylation sites is 3. The molecular formula is C72H48N2SSi. The molecule has 0 saturated heterocycles. The van der Waals surface area contributed by atoms with Gasteiger partial charge < -0.3 is 9.13 Å². The highest BCUT2D eigenvalue weighted by molar-refractivity contribution is 7.26. The Labute approximate surface area is 467 Å². The molecule has 0 amide bonds. The standard InChI is InChI=1S/C72H48N2SSi/c1-6-24-49(25-7-1)62-47-55(76(52-28-10-3-11-29-52,53-30-12-4-13-31-53)54-32-14-5-15-33-54)48-63(50-26-8-2-9-27-50)72(62)74-66-41-20-17-35-57(66)64-46-51(44-45-67(64)74)73-65-40-19-16-34-56(65)59-38-22-39-60(71(59)73)58-37-23-43-69-70(58)61-36-18-21-42-68(61)75-69/h1-48H/i1D,2D,3D,6D,7D,8D,9D,10D,11D,24D,25D,26D,27D,28D,29D. The number of rotatable bonds is 9. The fourth-order valence-electron chi connectivity index (χ4n) is 11.8. The average molecular weight is 1020 g/mol. The number of thiophene rings is 1. The minimum Gasteiger partial charge on any atom is -0.309 e. The molecule has 4 heteroatoms. The summed E-state index contributed by atoms with van der Waals surface area (Å²) in [7, 11) is -4.52. The van der Waals surface area contributed by atoms with Gasteiger partial charge in [0.15, 0.2) is 8.07 Å². The van der Waals surface area contributed by atoms with Crippen LogP contribution in [0.1, 0.15) is 20.6 Å². The Morgan fingerprint density at radius 2 is 0.829 bits per heavy atom. The maximum atomic E-state index is 9.88. The summed E-state index contributed by atoms with van der Waals surface area (Å²) < 4.78 is 148. The van der Waals surface area contributed by atoms with E-state index in [2.05, 4.69) is 83.4 Å². The fraction of sp³-hybridized carbons (Fsp3) is 0. The Morgan fingerprint density at radius 3 is 1.49 bits per heavy atom. The molecule has 0 radical (unpaired) electrons. The quantitative estimate of drug-likeness (QED) is 0.101. The SMILES string of the molecule is [2H]c1c([2H])c([2H])c(-c2cc([Si](c3ccccc3)(c3ccccc3)c3c([2H])c([2H])c([2H])c([2H])c3[2H])cc(-c3c([2H])c([2H])c([2H])c([2H])c3[2H])c2-n2c3ccccc3c3cc(-n4c5ccccc5c5cccc(-c6cccc7sc8ccccc8c67)c54)ccc32)c([2H])c1[2H]. The molecule has 2 nitrogen and oxygen atoms in total. The molecule has 3 heterocycles. The summed E-state index contributed by atoms with van der Waals surface area (Å²) in [5.41, 5.74) is 5.33. The molecule has 12 aromatic carbocycles. The summed E-state index contributed by atoms with van der Waals surface area (Å²) >= 11 is 1.75. The van der Waals surface area contributed by atoms with Crippen LogP contribution in [0.2, 0.25) is 0 Å². The molecule has 0 atom stereocenters. The summed E-state index contributed by atoms with van der Waals surface area (Å²) in [6, 6.07) is 55.1. The number of fused-ring (bicyclic) bond motifs is 9. The van der Waals surface area contributed by atoms with Gasteiger partial charge in [0.25, 0.3) is 0 Å². The van der Waals surface area contributed by atoms with Gasteiger partial charge in [0.1, 0.15) is 0 Å². The molecule has 15 aromatic rings. The Bertz CT molecular complexity index is 5410. The van der Waals surface area contributed by atoms with Crippen molar-refractivity contribution in [2.24, 2.45) is 0 Å². The van der Waals surface area contributed by atoms with Crippen molar-refractivity contribution in [3.8, 4) is 44.8 Å². The maximum absolute atomic E-state index is 9.88. The predicted octanol–water partition coefficient (Wildman–Crippen LogP) is 16.6. The Hall–Kier alpha value is -9.32. The van der Waals surface area contributed by atoms with Crippen molar-refractivity contribution in [3.05, 3.63) is 291 Å². The van der Waals surface area contributed by atoms with Gasteiger partial charge in [0.2, 0.25) is 0 Å². The van der Waals surface area contributed by atoms with Crippen molar-refractivity contribution in [2.45, 2.75) is 0 Å². The molecule has 76 heavy (non-hydrogen) atoms. The summed E-state index contributed by atoms with van der Waals surface area (Å²) in [6.07, 6.45) is 0. The summed E-state index contributed by atoms with van der Waals surface area (Å²) in [5.74, 6) is 0. The molecule has 0 aliphatic carbocycles. The zero-order chi connectivity index (χ0) is 63.2. The normalized spacial score (nSPS) is 14.7. The second-order valence-corrected chi connectivity index (χ2v) is 23.6. The molecule has 0 bridgehead atoms. The molecule has 0 saturated carbocycles. The highest BCUT2D eigenvalue weighted by Crippen LogP contribution is 2.46. The van der Waals surface area contributed by atoms with Crippen molar-refractivity contribution < 1.29 is 20.6 Å². The molecule has 3 aromatic heterocycles. The van der Waals surface area contributed by atoms with Crippen LogP contribution in [0.15, 0.2) is 291 Å². The van der Waals surface area contributed by atoms with E-state index in [4.69, 9.17) is 4.11 Å². The lowest BCUT2D eigenvalue weighted by atomic mass is 9.95. The monoisotopic (exact) mass is 1020 g/mol. The van der Waals surface area contributed by atoms with Gasteiger partial charge in [-0.1, -0.05) is 248 Å². The van der Waals surface area contributed by atoms with Crippen molar-refractivity contribution in [2.75, 3.05) is 0 Å². The molecular weight excluding hydrogens is 953 g/mol. The van der Waals surface area contributed by atoms with E-state index < -0.39 is 98.7 Å². The summed E-state index contributed by atoms with van der Waals surface area (Å²) in [6.45, 7) is 0. The van der Waals surface area contributed by atoms with Gasteiger partial charge in [-0.25, -0.2) is 0 Å². The van der Waals surface area contributed by atoms with Crippen molar-refractivity contribution >= 4 is 104 Å². The highest BCUT2D eigenvalue weighted by Gasteiger charge is 2.42. The van der Waals surface area contributed by atoms with E-state index in [1.807, 2.05) is 53.1 Å². The van der Waals surface area contributed by atoms with Crippen LogP contribution in [-0.2, 0) is 0 Å². The molecule has 0 spiro atoms. The molecule has 0 fully saturated rings. The van der Waals surface area contributed by atoms with Gasteiger partial charge in [-0.3, -0.25) is 0 Å². The minimum absolute atomic E-state index is 0.0266. The van der Waals surface area contributed by atoms with Crippen LogP contribution in [0.25, 0.3) is 109 Å². The first-order valence-corrected chi connectivity index (χ1v) is 27.8. The van der Waals surface area contributed by atoms with E-state index in [0.717, 1.165) is 59.5 Å². The van der Waals surface area contributed by atoms with Gasteiger partial charge in [-0.15, -0.1) is 11.3 Å². The average Bonchev–Trinajstić information content (AvgIpc) is 1.20. The number of hydrogen-bond acceptors (Lipinski definition) is 1. The third-order valence-corrected chi connectivity index (χ3v) is 20.6. The van der Waals surface area contributed by atoms with Crippen molar-refractivity contribution in [1.29, 1.82) is 0 Å². The smallest absolute Gasteiger partial charge is 0.179 e. The van der Waals surface area contributed by atoms with Gasteiger partial charge in [-0.05, 0) is 79.9 Å². The van der Waals surface area contributed by atoms with Crippen LogP contribution in [0, 0.1) is 0 Å². The van der Waals surface area contributed by atoms with Gasteiger partial charge in [-0.2, -0.15) is 0 Å². The zero-order valence-corrected chi connectivity index (χ0v) is 42.2. The van der Waals surface area contributed by atoms with Gasteiger partial charge in [0, 0.05) is 64.1 Å².